The minimum absolute atomic E-state index is 0.0851. The second-order valence-corrected chi connectivity index (χ2v) is 8.07. The topological polar surface area (TPSA) is 92.3 Å². The van der Waals surface area contributed by atoms with Gasteiger partial charge in [-0.15, -0.1) is 0 Å². The van der Waals surface area contributed by atoms with Gasteiger partial charge in [-0.2, -0.15) is 0 Å². The molecule has 0 bridgehead atoms. The van der Waals surface area contributed by atoms with Gasteiger partial charge in [-0.05, 0) is 12.8 Å². The first-order valence-electron chi connectivity index (χ1n) is 8.65. The van der Waals surface area contributed by atoms with Crippen LogP contribution < -0.4 is 10.6 Å². The van der Waals surface area contributed by atoms with Gasteiger partial charge >= 0.3 is 0 Å². The van der Waals surface area contributed by atoms with E-state index in [0.717, 1.165) is 38.5 Å². The average molecular weight is 349 g/mol. The molecule has 0 unspecified atom stereocenters. The van der Waals surface area contributed by atoms with Crippen LogP contribution in [0, 0.1) is 0 Å². The molecule has 136 valence electrons. The van der Waals surface area contributed by atoms with Gasteiger partial charge in [0.05, 0.1) is 11.5 Å². The summed E-state index contributed by atoms with van der Waals surface area (Å²) in [5, 5.41) is 5.25. The highest BCUT2D eigenvalue weighted by atomic mass is 32.2. The highest BCUT2D eigenvalue weighted by Gasteiger charge is 2.12. The molecule has 0 fully saturated rings. The second-order valence-electron chi connectivity index (χ2n) is 5.77. The van der Waals surface area contributed by atoms with E-state index in [0.29, 0.717) is 12.8 Å². The summed E-state index contributed by atoms with van der Waals surface area (Å²) in [6, 6.07) is 0. The lowest BCUT2D eigenvalue weighted by Crippen LogP contribution is -2.33. The summed E-state index contributed by atoms with van der Waals surface area (Å²) < 4.78 is 23.6. The maximum Gasteiger partial charge on any atom is 0.220 e. The van der Waals surface area contributed by atoms with E-state index in [-0.39, 0.29) is 36.4 Å². The molecule has 0 radical (unpaired) electrons. The smallest absolute Gasteiger partial charge is 0.220 e. The van der Waals surface area contributed by atoms with Crippen LogP contribution >= 0.6 is 0 Å². The van der Waals surface area contributed by atoms with Crippen molar-refractivity contribution in [1.82, 2.24) is 10.6 Å². The molecule has 23 heavy (non-hydrogen) atoms. The van der Waals surface area contributed by atoms with Crippen LogP contribution in [-0.4, -0.2) is 44.8 Å². The molecular weight excluding hydrogens is 316 g/mol. The summed E-state index contributed by atoms with van der Waals surface area (Å²) in [7, 11) is -3.25. The van der Waals surface area contributed by atoms with Gasteiger partial charge in [-0.25, -0.2) is 8.42 Å². The van der Waals surface area contributed by atoms with Crippen molar-refractivity contribution in [2.24, 2.45) is 0 Å². The van der Waals surface area contributed by atoms with Crippen molar-refractivity contribution in [2.45, 2.75) is 65.2 Å². The molecule has 0 aliphatic carbocycles. The molecule has 0 atom stereocenters. The monoisotopic (exact) mass is 348 g/mol. The fourth-order valence-electron chi connectivity index (χ4n) is 2.04. The van der Waals surface area contributed by atoms with E-state index >= 15 is 0 Å². The van der Waals surface area contributed by atoms with E-state index < -0.39 is 9.84 Å². The summed E-state index contributed by atoms with van der Waals surface area (Å²) in [4.78, 5) is 22.9. The quantitative estimate of drug-likeness (QED) is 0.468. The van der Waals surface area contributed by atoms with E-state index in [1.165, 1.54) is 0 Å². The van der Waals surface area contributed by atoms with E-state index in [4.69, 9.17) is 0 Å². The van der Waals surface area contributed by atoms with Crippen LogP contribution in [0.3, 0.4) is 0 Å². The van der Waals surface area contributed by atoms with Gasteiger partial charge < -0.3 is 10.6 Å². The predicted molar refractivity (Wildman–Crippen MR) is 93.0 cm³/mol. The Hall–Kier alpha value is -1.11. The van der Waals surface area contributed by atoms with Crippen molar-refractivity contribution >= 4 is 21.7 Å². The molecule has 7 heteroatoms. The Balaban J connectivity index is 3.76. The van der Waals surface area contributed by atoms with Crippen molar-refractivity contribution in [3.8, 4) is 0 Å². The van der Waals surface area contributed by atoms with Crippen LogP contribution in [0.5, 0.6) is 0 Å². The summed E-state index contributed by atoms with van der Waals surface area (Å²) in [5.74, 6) is -0.369. The molecule has 0 aromatic rings. The zero-order valence-electron chi connectivity index (χ0n) is 14.5. The summed E-state index contributed by atoms with van der Waals surface area (Å²) in [5.41, 5.74) is 0. The molecule has 0 aromatic heterocycles. The Morgan fingerprint density at radius 3 is 1.48 bits per heavy atom. The Morgan fingerprint density at radius 1 is 0.739 bits per heavy atom. The van der Waals surface area contributed by atoms with Gasteiger partial charge in [-0.3, -0.25) is 9.59 Å². The third kappa shape index (κ3) is 14.2. The van der Waals surface area contributed by atoms with Crippen molar-refractivity contribution < 1.29 is 18.0 Å². The standard InChI is InChI=1S/C16H32N2O4S/c1-3-5-7-9-15(19)17-11-13-23(21,22)14-12-18-16(20)10-8-6-4-2/h3-14H2,1-2H3,(H,17,19)(H,18,20). The average Bonchev–Trinajstić information content (AvgIpc) is 2.47. The Morgan fingerprint density at radius 2 is 1.13 bits per heavy atom. The second kappa shape index (κ2) is 13.3. The Labute approximate surface area is 140 Å². The lowest BCUT2D eigenvalue weighted by molar-refractivity contribution is -0.121. The van der Waals surface area contributed by atoms with Gasteiger partial charge in [0.15, 0.2) is 9.84 Å². The molecule has 6 nitrogen and oxygen atoms in total. The van der Waals surface area contributed by atoms with Gasteiger partial charge in [0.1, 0.15) is 0 Å². The third-order valence-electron chi connectivity index (χ3n) is 3.49. The first-order chi connectivity index (χ1) is 10.9. The number of hydrogen-bond donors (Lipinski definition) is 2. The molecule has 0 saturated heterocycles. The van der Waals surface area contributed by atoms with Crippen molar-refractivity contribution in [1.29, 1.82) is 0 Å². The number of carbonyl (C=O) groups excluding carboxylic acids is 2. The number of unbranched alkanes of at least 4 members (excludes halogenated alkanes) is 4. The maximum absolute atomic E-state index is 11.8. The molecule has 2 amide bonds. The van der Waals surface area contributed by atoms with Crippen LogP contribution in [0.15, 0.2) is 0 Å². The van der Waals surface area contributed by atoms with Crippen LogP contribution in [0.1, 0.15) is 65.2 Å². The fourth-order valence-corrected chi connectivity index (χ4v) is 3.07. The Kier molecular flexibility index (Phi) is 12.7. The number of amides is 2. The van der Waals surface area contributed by atoms with Gasteiger partial charge in [0.2, 0.25) is 11.8 Å². The van der Waals surface area contributed by atoms with Gasteiger partial charge in [-0.1, -0.05) is 39.5 Å². The first-order valence-corrected chi connectivity index (χ1v) is 10.5. The van der Waals surface area contributed by atoms with Crippen LogP contribution in [-0.2, 0) is 19.4 Å². The van der Waals surface area contributed by atoms with E-state index in [9.17, 15) is 18.0 Å². The molecular formula is C16H32N2O4S. The number of hydrogen-bond acceptors (Lipinski definition) is 4. The van der Waals surface area contributed by atoms with Crippen LogP contribution in [0.25, 0.3) is 0 Å². The minimum atomic E-state index is -3.25. The summed E-state index contributed by atoms with van der Waals surface area (Å²) >= 11 is 0. The van der Waals surface area contributed by atoms with Crippen molar-refractivity contribution in [3.05, 3.63) is 0 Å². The normalized spacial score (nSPS) is 11.2. The lowest BCUT2D eigenvalue weighted by atomic mass is 10.2. The minimum Gasteiger partial charge on any atom is -0.355 e. The molecule has 0 saturated carbocycles. The number of carbonyl (C=O) groups is 2. The lowest BCUT2D eigenvalue weighted by Gasteiger charge is -2.08. The first kappa shape index (κ1) is 21.9. The van der Waals surface area contributed by atoms with Crippen molar-refractivity contribution in [3.63, 3.8) is 0 Å². The molecule has 0 aromatic carbocycles. The molecule has 0 spiro atoms. The van der Waals surface area contributed by atoms with Gasteiger partial charge in [0, 0.05) is 25.9 Å². The predicted octanol–water partition coefficient (Wildman–Crippen LogP) is 1.79. The largest absolute Gasteiger partial charge is 0.355 e. The summed E-state index contributed by atoms with van der Waals surface area (Å²) in [6.07, 6.45) is 6.66. The number of nitrogens with one attached hydrogen (secondary N) is 2. The highest BCUT2D eigenvalue weighted by Crippen LogP contribution is 1.99. The Bertz CT molecular complexity index is 401. The fraction of sp³-hybridized carbons (Fsp3) is 0.875. The number of sulfone groups is 1. The molecule has 0 heterocycles. The SMILES string of the molecule is CCCCCC(=O)NCCS(=O)(=O)CCNC(=O)CCCCC. The van der Waals surface area contributed by atoms with Crippen LogP contribution in [0.4, 0.5) is 0 Å². The molecule has 2 N–H and O–H groups in total. The van der Waals surface area contributed by atoms with Crippen molar-refractivity contribution in [2.75, 3.05) is 24.6 Å². The van der Waals surface area contributed by atoms with Gasteiger partial charge in [0.25, 0.3) is 0 Å². The van der Waals surface area contributed by atoms with Crippen LogP contribution in [0.2, 0.25) is 0 Å². The number of rotatable bonds is 14. The van der Waals surface area contributed by atoms with E-state index in [1.54, 1.807) is 0 Å². The molecule has 0 aliphatic heterocycles. The highest BCUT2D eigenvalue weighted by molar-refractivity contribution is 7.91. The summed E-state index contributed by atoms with van der Waals surface area (Å²) in [6.45, 7) is 4.40. The molecule has 0 aliphatic rings. The zero-order valence-corrected chi connectivity index (χ0v) is 15.3. The van der Waals surface area contributed by atoms with E-state index in [1.807, 2.05) is 0 Å². The zero-order chi connectivity index (χ0) is 17.6. The van der Waals surface area contributed by atoms with E-state index in [2.05, 4.69) is 24.5 Å². The molecule has 0 rings (SSSR count). The maximum atomic E-state index is 11.8. The third-order valence-corrected chi connectivity index (χ3v) is 5.14.